The number of carbonyl (C=O) groups excluding carboxylic acids is 1. The largest absolute Gasteiger partial charge is 0.478 e. The van der Waals surface area contributed by atoms with Gasteiger partial charge in [0, 0.05) is 6.54 Å². The lowest BCUT2D eigenvalue weighted by Gasteiger charge is -2.17. The first-order chi connectivity index (χ1) is 9.82. The van der Waals surface area contributed by atoms with Gasteiger partial charge in [-0.2, -0.15) is 0 Å². The maximum atomic E-state index is 11.9. The van der Waals surface area contributed by atoms with E-state index in [0.29, 0.717) is 12.5 Å². The molecule has 0 saturated heterocycles. The van der Waals surface area contributed by atoms with Gasteiger partial charge in [-0.1, -0.05) is 19.9 Å². The van der Waals surface area contributed by atoms with E-state index in [2.05, 4.69) is 19.2 Å². The van der Waals surface area contributed by atoms with Gasteiger partial charge in [-0.25, -0.2) is 4.79 Å². The normalized spacial score (nSPS) is 12.0. The molecule has 1 atom stereocenters. The maximum absolute atomic E-state index is 11.9. The van der Waals surface area contributed by atoms with E-state index in [1.807, 2.05) is 0 Å². The number of amides is 1. The summed E-state index contributed by atoms with van der Waals surface area (Å²) in [4.78, 5) is 23.0. The van der Waals surface area contributed by atoms with Gasteiger partial charge < -0.3 is 20.9 Å². The standard InChI is InChI=1S/C15H22N2O4/c1-9(2)7-8-17-14(18)10(3)21-13-11(15(19)20)5-4-6-12(13)16/h4-6,9-10H,7-8,16H2,1-3H3,(H,17,18)(H,19,20). The molecule has 1 aromatic carbocycles. The molecule has 6 nitrogen and oxygen atoms in total. The van der Waals surface area contributed by atoms with E-state index in [1.165, 1.54) is 18.2 Å². The lowest BCUT2D eigenvalue weighted by Crippen LogP contribution is -2.37. The van der Waals surface area contributed by atoms with Crippen molar-refractivity contribution in [1.29, 1.82) is 0 Å². The number of carboxylic acids is 1. The summed E-state index contributed by atoms with van der Waals surface area (Å²) in [6.07, 6.45) is 0.0479. The van der Waals surface area contributed by atoms with Crippen molar-refractivity contribution in [2.24, 2.45) is 5.92 Å². The van der Waals surface area contributed by atoms with Crippen LogP contribution in [0.15, 0.2) is 18.2 Å². The highest BCUT2D eigenvalue weighted by molar-refractivity contribution is 5.93. The Morgan fingerprint density at radius 2 is 2.00 bits per heavy atom. The van der Waals surface area contributed by atoms with E-state index >= 15 is 0 Å². The summed E-state index contributed by atoms with van der Waals surface area (Å²) < 4.78 is 5.44. The fourth-order valence-corrected chi connectivity index (χ4v) is 1.71. The van der Waals surface area contributed by atoms with Gasteiger partial charge in [0.15, 0.2) is 11.9 Å². The molecule has 0 bridgehead atoms. The molecule has 0 saturated carbocycles. The van der Waals surface area contributed by atoms with Gasteiger partial charge in [0.25, 0.3) is 5.91 Å². The summed E-state index contributed by atoms with van der Waals surface area (Å²) in [5.74, 6) is -0.929. The Morgan fingerprint density at radius 1 is 1.33 bits per heavy atom. The van der Waals surface area contributed by atoms with Crippen LogP contribution < -0.4 is 15.8 Å². The van der Waals surface area contributed by atoms with E-state index in [-0.39, 0.29) is 22.9 Å². The van der Waals surface area contributed by atoms with Crippen LogP contribution in [-0.4, -0.2) is 29.6 Å². The van der Waals surface area contributed by atoms with Gasteiger partial charge in [-0.15, -0.1) is 0 Å². The molecule has 1 unspecified atom stereocenters. The lowest BCUT2D eigenvalue weighted by molar-refractivity contribution is -0.127. The molecule has 0 aliphatic rings. The molecule has 21 heavy (non-hydrogen) atoms. The van der Waals surface area contributed by atoms with Crippen LogP contribution in [-0.2, 0) is 4.79 Å². The number of hydrogen-bond acceptors (Lipinski definition) is 4. The van der Waals surface area contributed by atoms with Crippen LogP contribution in [0.5, 0.6) is 5.75 Å². The highest BCUT2D eigenvalue weighted by atomic mass is 16.5. The van der Waals surface area contributed by atoms with Gasteiger partial charge in [0.05, 0.1) is 5.69 Å². The highest BCUT2D eigenvalue weighted by Gasteiger charge is 2.20. The number of ether oxygens (including phenoxy) is 1. The van der Waals surface area contributed by atoms with E-state index in [4.69, 9.17) is 15.6 Å². The first kappa shape index (κ1) is 16.8. The summed E-state index contributed by atoms with van der Waals surface area (Å²) in [6, 6.07) is 4.45. The second-order valence-corrected chi connectivity index (χ2v) is 5.26. The van der Waals surface area contributed by atoms with Crippen LogP contribution in [0.1, 0.15) is 37.6 Å². The minimum Gasteiger partial charge on any atom is -0.478 e. The zero-order valence-corrected chi connectivity index (χ0v) is 12.6. The predicted molar refractivity (Wildman–Crippen MR) is 80.4 cm³/mol. The molecular weight excluding hydrogens is 272 g/mol. The number of rotatable bonds is 7. The zero-order valence-electron chi connectivity index (χ0n) is 12.6. The summed E-state index contributed by atoms with van der Waals surface area (Å²) in [6.45, 7) is 6.24. The monoisotopic (exact) mass is 294 g/mol. The van der Waals surface area contributed by atoms with Crippen molar-refractivity contribution in [2.75, 3.05) is 12.3 Å². The first-order valence-electron chi connectivity index (χ1n) is 6.89. The number of nitrogens with one attached hydrogen (secondary N) is 1. The van der Waals surface area contributed by atoms with E-state index in [9.17, 15) is 9.59 Å². The molecule has 0 spiro atoms. The summed E-state index contributed by atoms with van der Waals surface area (Å²) >= 11 is 0. The topological polar surface area (TPSA) is 102 Å². The van der Waals surface area contributed by atoms with Gasteiger partial charge in [0.2, 0.25) is 0 Å². The summed E-state index contributed by atoms with van der Waals surface area (Å²) in [5, 5.41) is 11.9. The molecule has 0 fully saturated rings. The third kappa shape index (κ3) is 4.98. The number of benzene rings is 1. The Morgan fingerprint density at radius 3 is 2.57 bits per heavy atom. The van der Waals surface area contributed by atoms with Crippen LogP contribution >= 0.6 is 0 Å². The number of nitrogens with two attached hydrogens (primary N) is 1. The molecule has 0 aromatic heterocycles. The smallest absolute Gasteiger partial charge is 0.339 e. The summed E-state index contributed by atoms with van der Waals surface area (Å²) in [5.41, 5.74) is 5.86. The molecule has 0 aliphatic carbocycles. The molecule has 4 N–H and O–H groups in total. The Hall–Kier alpha value is -2.24. The van der Waals surface area contributed by atoms with Crippen molar-refractivity contribution in [1.82, 2.24) is 5.32 Å². The van der Waals surface area contributed by atoms with Crippen molar-refractivity contribution in [2.45, 2.75) is 33.3 Å². The Bertz CT molecular complexity index is 514. The average molecular weight is 294 g/mol. The molecule has 0 aliphatic heterocycles. The van der Waals surface area contributed by atoms with Crippen LogP contribution in [0.3, 0.4) is 0 Å². The number of aromatic carboxylic acids is 1. The second-order valence-electron chi connectivity index (χ2n) is 5.26. The van der Waals surface area contributed by atoms with E-state index < -0.39 is 12.1 Å². The SMILES string of the molecule is CC(C)CCNC(=O)C(C)Oc1c(N)cccc1C(=O)O. The molecule has 116 valence electrons. The van der Waals surface area contributed by atoms with Crippen LogP contribution in [0.4, 0.5) is 5.69 Å². The van der Waals surface area contributed by atoms with Crippen molar-refractivity contribution >= 4 is 17.6 Å². The second kappa shape index (κ2) is 7.52. The average Bonchev–Trinajstić information content (AvgIpc) is 2.40. The molecule has 1 aromatic rings. The van der Waals surface area contributed by atoms with Crippen molar-refractivity contribution in [3.05, 3.63) is 23.8 Å². The molecule has 0 radical (unpaired) electrons. The number of hydrogen-bond donors (Lipinski definition) is 3. The number of carbonyl (C=O) groups is 2. The highest BCUT2D eigenvalue weighted by Crippen LogP contribution is 2.27. The maximum Gasteiger partial charge on any atom is 0.339 e. The van der Waals surface area contributed by atoms with Gasteiger partial charge in [0.1, 0.15) is 5.56 Å². The number of carboxylic acid groups (broad SMARTS) is 1. The quantitative estimate of drug-likeness (QED) is 0.667. The fourth-order valence-electron chi connectivity index (χ4n) is 1.71. The van der Waals surface area contributed by atoms with Gasteiger partial charge in [-0.3, -0.25) is 4.79 Å². The Labute approximate surface area is 124 Å². The number of nitrogen functional groups attached to an aromatic ring is 1. The van der Waals surface area contributed by atoms with Crippen LogP contribution in [0.25, 0.3) is 0 Å². The molecule has 6 heteroatoms. The van der Waals surface area contributed by atoms with Crippen LogP contribution in [0.2, 0.25) is 0 Å². The van der Waals surface area contributed by atoms with E-state index in [1.54, 1.807) is 6.92 Å². The van der Waals surface area contributed by atoms with Gasteiger partial charge >= 0.3 is 5.97 Å². The minimum absolute atomic E-state index is 0.0245. The third-order valence-electron chi connectivity index (χ3n) is 2.96. The fraction of sp³-hybridized carbons (Fsp3) is 0.467. The Balaban J connectivity index is 2.72. The van der Waals surface area contributed by atoms with Crippen molar-refractivity contribution < 1.29 is 19.4 Å². The number of para-hydroxylation sites is 1. The predicted octanol–water partition coefficient (Wildman–Crippen LogP) is 1.90. The molecule has 0 heterocycles. The van der Waals surface area contributed by atoms with Crippen molar-refractivity contribution in [3.63, 3.8) is 0 Å². The number of anilines is 1. The third-order valence-corrected chi connectivity index (χ3v) is 2.96. The summed E-state index contributed by atoms with van der Waals surface area (Å²) in [7, 11) is 0. The van der Waals surface area contributed by atoms with E-state index in [0.717, 1.165) is 6.42 Å². The molecule has 1 amide bonds. The van der Waals surface area contributed by atoms with Gasteiger partial charge in [-0.05, 0) is 31.4 Å². The Kier molecular flexibility index (Phi) is 6.02. The van der Waals surface area contributed by atoms with Crippen molar-refractivity contribution in [3.8, 4) is 5.75 Å². The molecular formula is C15H22N2O4. The minimum atomic E-state index is -1.15. The zero-order chi connectivity index (χ0) is 16.0. The first-order valence-corrected chi connectivity index (χ1v) is 6.89. The van der Waals surface area contributed by atoms with Crippen LogP contribution in [0, 0.1) is 5.92 Å². The lowest BCUT2D eigenvalue weighted by atomic mass is 10.1. The molecule has 1 rings (SSSR count).